The molecule has 1 aromatic rings. The van der Waals surface area contributed by atoms with Gasteiger partial charge in [0.1, 0.15) is 0 Å². The highest BCUT2D eigenvalue weighted by molar-refractivity contribution is 7.88. The summed E-state index contributed by atoms with van der Waals surface area (Å²) in [4.78, 5) is 10.8. The number of nitrogens with zero attached hydrogens (tertiary/aromatic N) is 3. The first-order valence-electron chi connectivity index (χ1n) is 5.40. The number of aromatic amines is 1. The number of aliphatic carboxylic acids is 1. The second-order valence-corrected chi connectivity index (χ2v) is 6.42. The topological polar surface area (TPSA) is 116 Å². The van der Waals surface area contributed by atoms with Gasteiger partial charge in [0.2, 0.25) is 10.0 Å². The van der Waals surface area contributed by atoms with Gasteiger partial charge in [0, 0.05) is 19.0 Å². The molecule has 0 radical (unpaired) electrons. The van der Waals surface area contributed by atoms with E-state index < -0.39 is 16.0 Å². The molecule has 2 N–H and O–H groups in total. The van der Waals surface area contributed by atoms with Crippen molar-refractivity contribution >= 4 is 16.0 Å². The molecule has 1 fully saturated rings. The fourth-order valence-electron chi connectivity index (χ4n) is 2.26. The molecule has 18 heavy (non-hydrogen) atoms. The van der Waals surface area contributed by atoms with Gasteiger partial charge in [-0.05, 0) is 5.92 Å². The molecule has 8 nitrogen and oxygen atoms in total. The highest BCUT2D eigenvalue weighted by Gasteiger charge is 2.39. The molecule has 0 spiro atoms. The molecule has 0 unspecified atom stereocenters. The third-order valence-corrected chi connectivity index (χ3v) is 4.36. The Hall–Kier alpha value is -1.48. The van der Waals surface area contributed by atoms with Crippen LogP contribution >= 0.6 is 0 Å². The summed E-state index contributed by atoms with van der Waals surface area (Å²) in [6, 6.07) is 0. The zero-order valence-electron chi connectivity index (χ0n) is 9.78. The number of carbonyl (C=O) groups is 1. The van der Waals surface area contributed by atoms with Crippen molar-refractivity contribution in [3.8, 4) is 0 Å². The second-order valence-electron chi connectivity index (χ2n) is 4.44. The molecule has 0 amide bonds. The van der Waals surface area contributed by atoms with E-state index in [-0.39, 0.29) is 31.3 Å². The Morgan fingerprint density at radius 2 is 2.33 bits per heavy atom. The van der Waals surface area contributed by atoms with Gasteiger partial charge in [0.05, 0.1) is 24.6 Å². The van der Waals surface area contributed by atoms with Gasteiger partial charge in [0.15, 0.2) is 0 Å². The zero-order valence-corrected chi connectivity index (χ0v) is 10.6. The van der Waals surface area contributed by atoms with Crippen LogP contribution in [-0.4, -0.2) is 58.6 Å². The minimum absolute atomic E-state index is 0.0798. The number of aromatic nitrogens is 3. The molecule has 100 valence electrons. The number of H-pyrrole nitrogens is 1. The summed E-state index contributed by atoms with van der Waals surface area (Å²) in [5.74, 6) is -1.44. The lowest BCUT2D eigenvalue weighted by Gasteiger charge is -2.12. The number of hydrogen-bond donors (Lipinski definition) is 2. The molecule has 0 aromatic carbocycles. The number of rotatable bonds is 4. The summed E-state index contributed by atoms with van der Waals surface area (Å²) in [7, 11) is -3.31. The Morgan fingerprint density at radius 1 is 1.61 bits per heavy atom. The van der Waals surface area contributed by atoms with Gasteiger partial charge < -0.3 is 5.11 Å². The maximum Gasteiger partial charge on any atom is 0.303 e. The molecule has 2 atom stereocenters. The number of carboxylic acid groups (broad SMARTS) is 1. The fraction of sp³-hybridized carbons (Fsp3) is 0.667. The third kappa shape index (κ3) is 2.67. The van der Waals surface area contributed by atoms with E-state index in [1.54, 1.807) is 0 Å². The van der Waals surface area contributed by atoms with Crippen molar-refractivity contribution in [2.45, 2.75) is 12.3 Å². The first kappa shape index (κ1) is 13.0. The smallest absolute Gasteiger partial charge is 0.303 e. The predicted octanol–water partition coefficient (Wildman–Crippen LogP) is -0.746. The fourth-order valence-corrected chi connectivity index (χ4v) is 3.15. The number of sulfonamides is 1. The largest absolute Gasteiger partial charge is 0.481 e. The molecular formula is C9H14N4O4S. The molecule has 2 rings (SSSR count). The summed E-state index contributed by atoms with van der Waals surface area (Å²) in [6.07, 6.45) is 2.55. The van der Waals surface area contributed by atoms with Crippen molar-refractivity contribution in [2.75, 3.05) is 19.3 Å². The van der Waals surface area contributed by atoms with Crippen LogP contribution in [0.1, 0.15) is 18.0 Å². The highest BCUT2D eigenvalue weighted by atomic mass is 32.2. The maximum atomic E-state index is 11.5. The van der Waals surface area contributed by atoms with Crippen molar-refractivity contribution in [1.82, 2.24) is 19.7 Å². The maximum absolute atomic E-state index is 11.5. The molecule has 9 heteroatoms. The molecular weight excluding hydrogens is 260 g/mol. The first-order chi connectivity index (χ1) is 8.38. The van der Waals surface area contributed by atoms with Crippen LogP contribution in [0.2, 0.25) is 0 Å². The Morgan fingerprint density at radius 3 is 2.83 bits per heavy atom. The third-order valence-electron chi connectivity index (χ3n) is 3.13. The molecule has 1 saturated heterocycles. The monoisotopic (exact) mass is 274 g/mol. The van der Waals surface area contributed by atoms with E-state index in [9.17, 15) is 13.2 Å². The minimum Gasteiger partial charge on any atom is -0.481 e. The molecule has 1 aromatic heterocycles. The van der Waals surface area contributed by atoms with Crippen molar-refractivity contribution in [2.24, 2.45) is 5.92 Å². The van der Waals surface area contributed by atoms with Gasteiger partial charge >= 0.3 is 5.97 Å². The van der Waals surface area contributed by atoms with E-state index >= 15 is 0 Å². The van der Waals surface area contributed by atoms with Crippen molar-refractivity contribution in [3.63, 3.8) is 0 Å². The average molecular weight is 274 g/mol. The Labute approximate surface area is 104 Å². The van der Waals surface area contributed by atoms with Gasteiger partial charge in [-0.2, -0.15) is 15.4 Å². The van der Waals surface area contributed by atoms with E-state index in [1.807, 2.05) is 0 Å². The Bertz CT molecular complexity index is 527. The molecule has 0 aliphatic carbocycles. The van der Waals surface area contributed by atoms with Crippen LogP contribution in [0.25, 0.3) is 0 Å². The van der Waals surface area contributed by atoms with Crippen molar-refractivity contribution < 1.29 is 18.3 Å². The summed E-state index contributed by atoms with van der Waals surface area (Å²) >= 11 is 0. The molecule has 1 aliphatic heterocycles. The van der Waals surface area contributed by atoms with E-state index in [0.717, 1.165) is 6.26 Å². The lowest BCUT2D eigenvalue weighted by Crippen LogP contribution is -2.27. The molecule has 0 saturated carbocycles. The van der Waals surface area contributed by atoms with E-state index in [1.165, 1.54) is 10.5 Å². The van der Waals surface area contributed by atoms with Crippen LogP contribution in [0.3, 0.4) is 0 Å². The van der Waals surface area contributed by atoms with Crippen LogP contribution in [0.5, 0.6) is 0 Å². The average Bonchev–Trinajstić information content (AvgIpc) is 2.81. The van der Waals surface area contributed by atoms with Crippen molar-refractivity contribution in [1.29, 1.82) is 0 Å². The van der Waals surface area contributed by atoms with Gasteiger partial charge in [-0.15, -0.1) is 0 Å². The van der Waals surface area contributed by atoms with Crippen molar-refractivity contribution in [3.05, 3.63) is 11.9 Å². The van der Waals surface area contributed by atoms with Crippen LogP contribution in [0, 0.1) is 5.92 Å². The van der Waals surface area contributed by atoms with Gasteiger partial charge in [-0.1, -0.05) is 0 Å². The number of carboxylic acids is 1. The van der Waals surface area contributed by atoms with E-state index in [4.69, 9.17) is 5.11 Å². The summed E-state index contributed by atoms with van der Waals surface area (Å²) in [5, 5.41) is 18.9. The normalized spacial score (nSPS) is 25.4. The van der Waals surface area contributed by atoms with Crippen LogP contribution in [-0.2, 0) is 14.8 Å². The van der Waals surface area contributed by atoms with E-state index in [0.29, 0.717) is 5.69 Å². The first-order valence-corrected chi connectivity index (χ1v) is 7.25. The molecule has 2 heterocycles. The summed E-state index contributed by atoms with van der Waals surface area (Å²) in [5.41, 5.74) is 0.604. The Kier molecular flexibility index (Phi) is 3.35. The molecule has 1 aliphatic rings. The van der Waals surface area contributed by atoms with Gasteiger partial charge in [0.25, 0.3) is 0 Å². The summed E-state index contributed by atoms with van der Waals surface area (Å²) in [6.45, 7) is 0.464. The van der Waals surface area contributed by atoms with Crippen LogP contribution in [0.4, 0.5) is 0 Å². The SMILES string of the molecule is CS(=O)(=O)N1C[C@H](CC(=O)O)[C@H](c2cn[nH]n2)C1. The molecule has 0 bridgehead atoms. The van der Waals surface area contributed by atoms with Crippen LogP contribution in [0.15, 0.2) is 6.20 Å². The minimum atomic E-state index is -3.31. The van der Waals surface area contributed by atoms with Gasteiger partial charge in [-0.25, -0.2) is 12.7 Å². The highest BCUT2D eigenvalue weighted by Crippen LogP contribution is 2.34. The van der Waals surface area contributed by atoms with Gasteiger partial charge in [-0.3, -0.25) is 4.79 Å². The summed E-state index contributed by atoms with van der Waals surface area (Å²) < 4.78 is 24.3. The number of nitrogens with one attached hydrogen (secondary N) is 1. The predicted molar refractivity (Wildman–Crippen MR) is 61.3 cm³/mol. The quantitative estimate of drug-likeness (QED) is 0.746. The second kappa shape index (κ2) is 4.65. The Balaban J connectivity index is 2.23. The lowest BCUT2D eigenvalue weighted by atomic mass is 9.91. The van der Waals surface area contributed by atoms with Crippen LogP contribution < -0.4 is 0 Å². The lowest BCUT2D eigenvalue weighted by molar-refractivity contribution is -0.138. The zero-order chi connectivity index (χ0) is 13.3. The standard InChI is InChI=1S/C9H14N4O4S/c1-18(16,17)13-4-6(2-9(14)15)7(5-13)8-3-10-12-11-8/h3,6-7H,2,4-5H2,1H3,(H,14,15)(H,10,11,12)/t6-,7+/m0/s1. The number of hydrogen-bond acceptors (Lipinski definition) is 5. The van der Waals surface area contributed by atoms with E-state index in [2.05, 4.69) is 15.4 Å².